The lowest BCUT2D eigenvalue weighted by Crippen LogP contribution is -2.08. The van der Waals surface area contributed by atoms with Crippen LogP contribution in [0.25, 0.3) is 0 Å². The normalized spacial score (nSPS) is 9.69. The van der Waals surface area contributed by atoms with Gasteiger partial charge in [0.2, 0.25) is 0 Å². The molecule has 84 valence electrons. The number of methoxy groups -OCH3 is 1. The lowest BCUT2D eigenvalue weighted by Gasteiger charge is -2.12. The first-order chi connectivity index (χ1) is 7.58. The summed E-state index contributed by atoms with van der Waals surface area (Å²) in [6.07, 6.45) is 5.39. The molecule has 3 heteroatoms. The second kappa shape index (κ2) is 5.22. The molecular formula is C13H14O3. The van der Waals surface area contributed by atoms with Crippen LogP contribution in [0.5, 0.6) is 5.75 Å². The highest BCUT2D eigenvalue weighted by atomic mass is 16.5. The molecule has 0 radical (unpaired) electrons. The van der Waals surface area contributed by atoms with Gasteiger partial charge < -0.3 is 9.47 Å². The second-order valence-corrected chi connectivity index (χ2v) is 3.51. The molecule has 0 saturated carbocycles. The van der Waals surface area contributed by atoms with Crippen LogP contribution in [0.1, 0.15) is 29.8 Å². The SMILES string of the molecule is C#Cc1cc(C(=O)OC)ccc1OC(C)C. The number of esters is 1. The van der Waals surface area contributed by atoms with E-state index < -0.39 is 5.97 Å². The van der Waals surface area contributed by atoms with Crippen molar-refractivity contribution in [2.75, 3.05) is 7.11 Å². The van der Waals surface area contributed by atoms with Crippen molar-refractivity contribution in [2.45, 2.75) is 20.0 Å². The minimum absolute atomic E-state index is 0.0380. The van der Waals surface area contributed by atoms with Gasteiger partial charge >= 0.3 is 5.97 Å². The Kier molecular flexibility index (Phi) is 3.96. The maximum absolute atomic E-state index is 11.3. The quantitative estimate of drug-likeness (QED) is 0.576. The lowest BCUT2D eigenvalue weighted by molar-refractivity contribution is 0.0600. The summed E-state index contributed by atoms with van der Waals surface area (Å²) in [5, 5.41) is 0. The van der Waals surface area contributed by atoms with Gasteiger partial charge in [-0.1, -0.05) is 5.92 Å². The summed E-state index contributed by atoms with van der Waals surface area (Å²) < 4.78 is 10.1. The minimum Gasteiger partial charge on any atom is -0.490 e. The number of hydrogen-bond donors (Lipinski definition) is 0. The molecule has 0 fully saturated rings. The fraction of sp³-hybridized carbons (Fsp3) is 0.308. The Morgan fingerprint density at radius 1 is 1.44 bits per heavy atom. The molecule has 0 aromatic heterocycles. The van der Waals surface area contributed by atoms with Gasteiger partial charge in [-0.05, 0) is 32.0 Å². The van der Waals surface area contributed by atoms with E-state index in [2.05, 4.69) is 10.7 Å². The number of carbonyl (C=O) groups is 1. The van der Waals surface area contributed by atoms with Gasteiger partial charge in [0.1, 0.15) is 5.75 Å². The molecular weight excluding hydrogens is 204 g/mol. The zero-order valence-electron chi connectivity index (χ0n) is 9.61. The maximum Gasteiger partial charge on any atom is 0.337 e. The zero-order valence-corrected chi connectivity index (χ0v) is 9.61. The molecule has 0 saturated heterocycles. The van der Waals surface area contributed by atoms with Gasteiger partial charge in [-0.15, -0.1) is 6.42 Å². The fourth-order valence-electron chi connectivity index (χ4n) is 1.24. The van der Waals surface area contributed by atoms with Crippen molar-refractivity contribution in [3.63, 3.8) is 0 Å². The second-order valence-electron chi connectivity index (χ2n) is 3.51. The van der Waals surface area contributed by atoms with E-state index in [4.69, 9.17) is 11.2 Å². The van der Waals surface area contributed by atoms with Crippen molar-refractivity contribution in [1.29, 1.82) is 0 Å². The van der Waals surface area contributed by atoms with E-state index in [0.29, 0.717) is 16.9 Å². The first-order valence-corrected chi connectivity index (χ1v) is 4.94. The van der Waals surface area contributed by atoms with E-state index in [0.717, 1.165) is 0 Å². The Bertz CT molecular complexity index is 427. The smallest absolute Gasteiger partial charge is 0.337 e. The van der Waals surface area contributed by atoms with E-state index in [1.54, 1.807) is 18.2 Å². The van der Waals surface area contributed by atoms with Crippen LogP contribution in [0, 0.1) is 12.3 Å². The Balaban J connectivity index is 3.08. The van der Waals surface area contributed by atoms with E-state index in [1.165, 1.54) is 7.11 Å². The largest absolute Gasteiger partial charge is 0.490 e. The molecule has 0 N–H and O–H groups in total. The van der Waals surface area contributed by atoms with Gasteiger partial charge in [-0.3, -0.25) is 0 Å². The highest BCUT2D eigenvalue weighted by molar-refractivity contribution is 5.90. The van der Waals surface area contributed by atoms with E-state index >= 15 is 0 Å². The lowest BCUT2D eigenvalue weighted by atomic mass is 10.1. The Labute approximate surface area is 95.4 Å². The highest BCUT2D eigenvalue weighted by Gasteiger charge is 2.10. The van der Waals surface area contributed by atoms with Crippen molar-refractivity contribution < 1.29 is 14.3 Å². The summed E-state index contributed by atoms with van der Waals surface area (Å²) >= 11 is 0. The van der Waals surface area contributed by atoms with E-state index in [1.807, 2.05) is 13.8 Å². The van der Waals surface area contributed by atoms with Gasteiger partial charge in [-0.2, -0.15) is 0 Å². The summed E-state index contributed by atoms with van der Waals surface area (Å²) in [5.74, 6) is 2.68. The number of ether oxygens (including phenoxy) is 2. The molecule has 0 aliphatic rings. The summed E-state index contributed by atoms with van der Waals surface area (Å²) in [5.41, 5.74) is 0.975. The minimum atomic E-state index is -0.410. The van der Waals surface area contributed by atoms with Gasteiger partial charge in [-0.25, -0.2) is 4.79 Å². The number of carbonyl (C=O) groups excluding carboxylic acids is 1. The molecule has 1 aromatic rings. The van der Waals surface area contributed by atoms with Crippen LogP contribution in [0.4, 0.5) is 0 Å². The zero-order chi connectivity index (χ0) is 12.1. The van der Waals surface area contributed by atoms with Crippen molar-refractivity contribution in [1.82, 2.24) is 0 Å². The van der Waals surface area contributed by atoms with Gasteiger partial charge in [0.25, 0.3) is 0 Å². The Morgan fingerprint density at radius 3 is 2.62 bits per heavy atom. The first-order valence-electron chi connectivity index (χ1n) is 4.94. The van der Waals surface area contributed by atoms with Gasteiger partial charge in [0, 0.05) is 0 Å². The average Bonchev–Trinajstić information content (AvgIpc) is 2.27. The molecule has 0 aliphatic heterocycles. The summed E-state index contributed by atoms with van der Waals surface area (Å²) in [4.78, 5) is 11.3. The van der Waals surface area contributed by atoms with Crippen LogP contribution in [0.15, 0.2) is 18.2 Å². The number of rotatable bonds is 3. The molecule has 1 aromatic carbocycles. The third kappa shape index (κ3) is 2.77. The predicted molar refractivity (Wildman–Crippen MR) is 61.5 cm³/mol. The average molecular weight is 218 g/mol. The molecule has 0 heterocycles. The Morgan fingerprint density at radius 2 is 2.12 bits per heavy atom. The predicted octanol–water partition coefficient (Wildman–Crippen LogP) is 2.24. The van der Waals surface area contributed by atoms with Crippen LogP contribution in [0.3, 0.4) is 0 Å². The van der Waals surface area contributed by atoms with Crippen LogP contribution >= 0.6 is 0 Å². The molecule has 0 amide bonds. The topological polar surface area (TPSA) is 35.5 Å². The van der Waals surface area contributed by atoms with Crippen molar-refractivity contribution >= 4 is 5.97 Å². The molecule has 0 unspecified atom stereocenters. The molecule has 1 rings (SSSR count). The summed E-state index contributed by atoms with van der Waals surface area (Å²) in [7, 11) is 1.33. The number of benzene rings is 1. The highest BCUT2D eigenvalue weighted by Crippen LogP contribution is 2.20. The third-order valence-corrected chi connectivity index (χ3v) is 1.92. The first kappa shape index (κ1) is 12.1. The maximum atomic E-state index is 11.3. The van der Waals surface area contributed by atoms with Crippen LogP contribution in [0.2, 0.25) is 0 Å². The summed E-state index contributed by atoms with van der Waals surface area (Å²) in [6, 6.07) is 4.90. The van der Waals surface area contributed by atoms with Crippen LogP contribution in [-0.4, -0.2) is 19.2 Å². The van der Waals surface area contributed by atoms with Crippen molar-refractivity contribution in [3.05, 3.63) is 29.3 Å². The number of terminal acetylenes is 1. The van der Waals surface area contributed by atoms with Crippen LogP contribution < -0.4 is 4.74 Å². The summed E-state index contributed by atoms with van der Waals surface area (Å²) in [6.45, 7) is 3.82. The Hall–Kier alpha value is -1.95. The van der Waals surface area contributed by atoms with Crippen LogP contribution in [-0.2, 0) is 4.74 Å². The van der Waals surface area contributed by atoms with Crippen molar-refractivity contribution in [3.8, 4) is 18.1 Å². The van der Waals surface area contributed by atoms with E-state index in [9.17, 15) is 4.79 Å². The molecule has 0 atom stereocenters. The fourth-order valence-corrected chi connectivity index (χ4v) is 1.24. The molecule has 0 aliphatic carbocycles. The third-order valence-electron chi connectivity index (χ3n) is 1.92. The number of hydrogen-bond acceptors (Lipinski definition) is 3. The van der Waals surface area contributed by atoms with E-state index in [-0.39, 0.29) is 6.10 Å². The van der Waals surface area contributed by atoms with Gasteiger partial charge in [0.05, 0.1) is 24.3 Å². The molecule has 3 nitrogen and oxygen atoms in total. The van der Waals surface area contributed by atoms with Crippen molar-refractivity contribution in [2.24, 2.45) is 0 Å². The molecule has 0 bridgehead atoms. The standard InChI is InChI=1S/C13H14O3/c1-5-10-8-11(13(14)15-4)6-7-12(10)16-9(2)3/h1,6-9H,2-4H3. The molecule has 16 heavy (non-hydrogen) atoms. The van der Waals surface area contributed by atoms with Gasteiger partial charge in [0.15, 0.2) is 0 Å². The molecule has 0 spiro atoms. The monoisotopic (exact) mass is 218 g/mol.